The molecule has 0 saturated heterocycles. The Hall–Kier alpha value is -0.990. The number of unbranched alkanes of at least 4 members (excludes halogenated alkanes) is 1. The van der Waals surface area contributed by atoms with E-state index in [1.807, 2.05) is 12.3 Å². The predicted octanol–water partition coefficient (Wildman–Crippen LogP) is 4.07. The minimum Gasteiger partial charge on any atom is -0.346 e. The largest absolute Gasteiger partial charge is 0.346 e. The van der Waals surface area contributed by atoms with E-state index in [-0.39, 0.29) is 0 Å². The molecule has 1 heterocycles. The molecule has 0 spiro atoms. The van der Waals surface area contributed by atoms with Gasteiger partial charge in [0.1, 0.15) is 0 Å². The van der Waals surface area contributed by atoms with E-state index in [0.717, 1.165) is 30.0 Å². The van der Waals surface area contributed by atoms with E-state index in [4.69, 9.17) is 11.6 Å². The number of halogens is 1. The first kappa shape index (κ1) is 13.4. The lowest BCUT2D eigenvalue weighted by Gasteiger charge is -2.06. The molecule has 1 N–H and O–H groups in total. The predicted molar refractivity (Wildman–Crippen MR) is 79.3 cm³/mol. The Labute approximate surface area is 114 Å². The second-order valence-corrected chi connectivity index (χ2v) is 5.05. The van der Waals surface area contributed by atoms with E-state index in [1.54, 1.807) is 0 Å². The zero-order chi connectivity index (χ0) is 12.8. The number of nitrogens with zero attached hydrogens (tertiary/aromatic N) is 1. The summed E-state index contributed by atoms with van der Waals surface area (Å²) in [5.41, 5.74) is 1.24. The number of nitrogens with one attached hydrogen (secondary N) is 1. The molecular weight excluding hydrogens is 244 g/mol. The lowest BCUT2D eigenvalue weighted by Crippen LogP contribution is -2.16. The molecule has 18 heavy (non-hydrogen) atoms. The van der Waals surface area contributed by atoms with Crippen LogP contribution < -0.4 is 5.32 Å². The van der Waals surface area contributed by atoms with E-state index in [1.165, 1.54) is 24.8 Å². The van der Waals surface area contributed by atoms with Crippen molar-refractivity contribution in [2.24, 2.45) is 0 Å². The van der Waals surface area contributed by atoms with Gasteiger partial charge in [0.05, 0.1) is 5.02 Å². The first-order valence-electron chi connectivity index (χ1n) is 6.77. The molecule has 0 aliphatic carbocycles. The molecule has 0 fully saturated rings. The Balaban J connectivity index is 1.88. The Morgan fingerprint density at radius 1 is 1.17 bits per heavy atom. The standard InChI is InChI=1S/C15H21ClN2/c1-2-9-17-10-5-6-11-18-12-14(16)13-7-3-4-8-15(13)18/h3-4,7-8,12,17H,2,5-6,9-11H2,1H3. The van der Waals surface area contributed by atoms with Crippen LogP contribution in [0.2, 0.25) is 5.02 Å². The third-order valence-corrected chi connectivity index (χ3v) is 3.47. The third kappa shape index (κ3) is 3.27. The molecule has 3 heteroatoms. The molecular formula is C15H21ClN2. The molecule has 2 rings (SSSR count). The summed E-state index contributed by atoms with van der Waals surface area (Å²) in [5.74, 6) is 0. The van der Waals surface area contributed by atoms with Gasteiger partial charge in [0.15, 0.2) is 0 Å². The molecule has 0 aliphatic heterocycles. The summed E-state index contributed by atoms with van der Waals surface area (Å²) in [7, 11) is 0. The Morgan fingerprint density at radius 3 is 2.83 bits per heavy atom. The van der Waals surface area contributed by atoms with Crippen molar-refractivity contribution in [1.29, 1.82) is 0 Å². The number of hydrogen-bond donors (Lipinski definition) is 1. The van der Waals surface area contributed by atoms with Crippen LogP contribution in [-0.4, -0.2) is 17.7 Å². The zero-order valence-electron chi connectivity index (χ0n) is 11.0. The van der Waals surface area contributed by atoms with Crippen LogP contribution in [0.25, 0.3) is 10.9 Å². The van der Waals surface area contributed by atoms with Gasteiger partial charge in [-0.2, -0.15) is 0 Å². The van der Waals surface area contributed by atoms with Crippen molar-refractivity contribution in [2.75, 3.05) is 13.1 Å². The van der Waals surface area contributed by atoms with Gasteiger partial charge in [-0.3, -0.25) is 0 Å². The number of hydrogen-bond acceptors (Lipinski definition) is 1. The van der Waals surface area contributed by atoms with E-state index in [0.29, 0.717) is 0 Å². The maximum Gasteiger partial charge on any atom is 0.0661 e. The highest BCUT2D eigenvalue weighted by atomic mass is 35.5. The second-order valence-electron chi connectivity index (χ2n) is 4.64. The van der Waals surface area contributed by atoms with Crippen molar-refractivity contribution in [3.8, 4) is 0 Å². The maximum absolute atomic E-state index is 6.23. The van der Waals surface area contributed by atoms with E-state index < -0.39 is 0 Å². The highest BCUT2D eigenvalue weighted by Crippen LogP contribution is 2.25. The Morgan fingerprint density at radius 2 is 2.00 bits per heavy atom. The first-order chi connectivity index (χ1) is 8.83. The number of aryl methyl sites for hydroxylation is 1. The van der Waals surface area contributed by atoms with Gasteiger partial charge < -0.3 is 9.88 Å². The summed E-state index contributed by atoms with van der Waals surface area (Å²) in [4.78, 5) is 0. The van der Waals surface area contributed by atoms with Crippen LogP contribution in [0.1, 0.15) is 26.2 Å². The lowest BCUT2D eigenvalue weighted by molar-refractivity contribution is 0.575. The SMILES string of the molecule is CCCNCCCCn1cc(Cl)c2ccccc21. The quantitative estimate of drug-likeness (QED) is 0.746. The maximum atomic E-state index is 6.23. The fourth-order valence-electron chi connectivity index (χ4n) is 2.22. The van der Waals surface area contributed by atoms with Crippen LogP contribution in [0.5, 0.6) is 0 Å². The van der Waals surface area contributed by atoms with Gasteiger partial charge in [-0.15, -0.1) is 0 Å². The molecule has 1 aromatic carbocycles. The number of aromatic nitrogens is 1. The molecule has 0 amide bonds. The van der Waals surface area contributed by atoms with Gasteiger partial charge in [0.2, 0.25) is 0 Å². The average molecular weight is 265 g/mol. The van der Waals surface area contributed by atoms with E-state index in [2.05, 4.69) is 35.0 Å². The van der Waals surface area contributed by atoms with Gasteiger partial charge in [0.25, 0.3) is 0 Å². The summed E-state index contributed by atoms with van der Waals surface area (Å²) in [6, 6.07) is 8.32. The molecule has 0 saturated carbocycles. The van der Waals surface area contributed by atoms with Crippen LogP contribution in [0.15, 0.2) is 30.5 Å². The highest BCUT2D eigenvalue weighted by Gasteiger charge is 2.05. The van der Waals surface area contributed by atoms with Crippen LogP contribution >= 0.6 is 11.6 Å². The van der Waals surface area contributed by atoms with Crippen molar-refractivity contribution in [1.82, 2.24) is 9.88 Å². The van der Waals surface area contributed by atoms with Crippen molar-refractivity contribution >= 4 is 22.5 Å². The van der Waals surface area contributed by atoms with Crippen LogP contribution in [0, 0.1) is 0 Å². The topological polar surface area (TPSA) is 17.0 Å². The van der Waals surface area contributed by atoms with Crippen LogP contribution in [0.4, 0.5) is 0 Å². The number of rotatable bonds is 7. The molecule has 0 aliphatic rings. The fraction of sp³-hybridized carbons (Fsp3) is 0.467. The minimum absolute atomic E-state index is 0.856. The normalized spacial score (nSPS) is 11.2. The average Bonchev–Trinajstić information content (AvgIpc) is 2.71. The molecule has 2 aromatic rings. The number of para-hydroxylation sites is 1. The number of benzene rings is 1. The van der Waals surface area contributed by atoms with Crippen molar-refractivity contribution in [3.05, 3.63) is 35.5 Å². The smallest absolute Gasteiger partial charge is 0.0661 e. The van der Waals surface area contributed by atoms with Gasteiger partial charge in [-0.05, 0) is 38.4 Å². The molecule has 0 bridgehead atoms. The highest BCUT2D eigenvalue weighted by molar-refractivity contribution is 6.35. The molecule has 0 atom stereocenters. The summed E-state index contributed by atoms with van der Waals surface area (Å²) >= 11 is 6.23. The Kier molecular flexibility index (Phi) is 5.09. The fourth-order valence-corrected chi connectivity index (χ4v) is 2.50. The van der Waals surface area contributed by atoms with Gasteiger partial charge in [-0.1, -0.05) is 36.7 Å². The lowest BCUT2D eigenvalue weighted by atomic mass is 10.2. The summed E-state index contributed by atoms with van der Waals surface area (Å²) in [6.07, 6.45) is 5.65. The molecule has 1 aromatic heterocycles. The Bertz CT molecular complexity index is 490. The zero-order valence-corrected chi connectivity index (χ0v) is 11.7. The number of fused-ring (bicyclic) bond motifs is 1. The minimum atomic E-state index is 0.856. The second kappa shape index (κ2) is 6.81. The van der Waals surface area contributed by atoms with Crippen molar-refractivity contribution in [2.45, 2.75) is 32.7 Å². The van der Waals surface area contributed by atoms with E-state index in [9.17, 15) is 0 Å². The summed E-state index contributed by atoms with van der Waals surface area (Å²) < 4.78 is 2.26. The molecule has 0 unspecified atom stereocenters. The summed E-state index contributed by atoms with van der Waals surface area (Å²) in [5, 5.41) is 5.44. The molecule has 2 nitrogen and oxygen atoms in total. The van der Waals surface area contributed by atoms with E-state index >= 15 is 0 Å². The van der Waals surface area contributed by atoms with Crippen molar-refractivity contribution < 1.29 is 0 Å². The first-order valence-corrected chi connectivity index (χ1v) is 7.15. The third-order valence-electron chi connectivity index (χ3n) is 3.17. The van der Waals surface area contributed by atoms with Gasteiger partial charge >= 0.3 is 0 Å². The summed E-state index contributed by atoms with van der Waals surface area (Å²) in [6.45, 7) is 5.47. The van der Waals surface area contributed by atoms with Crippen LogP contribution in [-0.2, 0) is 6.54 Å². The monoisotopic (exact) mass is 264 g/mol. The van der Waals surface area contributed by atoms with Gasteiger partial charge in [-0.25, -0.2) is 0 Å². The van der Waals surface area contributed by atoms with Crippen molar-refractivity contribution in [3.63, 3.8) is 0 Å². The van der Waals surface area contributed by atoms with Gasteiger partial charge in [0, 0.05) is 23.6 Å². The molecule has 98 valence electrons. The molecule has 0 radical (unpaired) electrons. The van der Waals surface area contributed by atoms with Crippen LogP contribution in [0.3, 0.4) is 0 Å².